The third-order valence-electron chi connectivity index (χ3n) is 8.47. The summed E-state index contributed by atoms with van der Waals surface area (Å²) in [7, 11) is 0. The van der Waals surface area contributed by atoms with Crippen LogP contribution >= 0.6 is 0 Å². The van der Waals surface area contributed by atoms with Gasteiger partial charge in [-0.3, -0.25) is 4.79 Å². The lowest BCUT2D eigenvalue weighted by Crippen LogP contribution is -2.43. The number of fused-ring (bicyclic) bond motifs is 1. The number of aryl methyl sites for hydroxylation is 1. The summed E-state index contributed by atoms with van der Waals surface area (Å²) < 4.78 is 7.88. The molecule has 1 saturated carbocycles. The van der Waals surface area contributed by atoms with Crippen molar-refractivity contribution in [2.45, 2.75) is 76.4 Å². The van der Waals surface area contributed by atoms with E-state index in [0.29, 0.717) is 17.9 Å². The normalized spacial score (nSPS) is 20.5. The zero-order valence-electron chi connectivity index (χ0n) is 23.1. The number of hydrogen-bond donors (Lipinski definition) is 3. The lowest BCUT2D eigenvalue weighted by Gasteiger charge is -2.29. The van der Waals surface area contributed by atoms with Gasteiger partial charge in [-0.1, -0.05) is 29.8 Å². The number of hydrogen-bond acceptors (Lipinski definition) is 4. The number of nitrogens with one attached hydrogen (secondary N) is 2. The Morgan fingerprint density at radius 2 is 1.77 bits per heavy atom. The van der Waals surface area contributed by atoms with Crippen LogP contribution < -0.4 is 10.6 Å². The highest BCUT2D eigenvalue weighted by atomic mass is 16.5. The average molecular weight is 543 g/mol. The number of aromatic nitrogens is 1. The number of carbonyl (C=O) groups excluding carboxylic acids is 1. The fourth-order valence-electron chi connectivity index (χ4n) is 6.35. The molecule has 8 heteroatoms. The summed E-state index contributed by atoms with van der Waals surface area (Å²) in [6, 6.07) is 16.5. The molecule has 210 valence electrons. The van der Waals surface area contributed by atoms with Crippen molar-refractivity contribution in [3.8, 4) is 6.07 Å². The van der Waals surface area contributed by atoms with Crippen LogP contribution in [0.3, 0.4) is 0 Å². The minimum absolute atomic E-state index is 0.0112. The largest absolute Gasteiger partial charge is 0.465 e. The maximum atomic E-state index is 13.5. The first-order valence-corrected chi connectivity index (χ1v) is 14.4. The molecule has 2 aliphatic rings. The van der Waals surface area contributed by atoms with Gasteiger partial charge in [-0.25, -0.2) is 4.79 Å². The van der Waals surface area contributed by atoms with Crippen LogP contribution in [-0.4, -0.2) is 47.0 Å². The minimum Gasteiger partial charge on any atom is -0.465 e. The van der Waals surface area contributed by atoms with Gasteiger partial charge in [-0.15, -0.1) is 0 Å². The molecular formula is C32H38N4O4. The molecule has 2 aromatic carbocycles. The highest BCUT2D eigenvalue weighted by Crippen LogP contribution is 2.36. The third kappa shape index (κ3) is 6.65. The highest BCUT2D eigenvalue weighted by Gasteiger charge is 2.27. The van der Waals surface area contributed by atoms with Crippen molar-refractivity contribution in [1.82, 2.24) is 15.2 Å². The van der Waals surface area contributed by atoms with Crippen LogP contribution in [0, 0.1) is 24.2 Å². The second-order valence-corrected chi connectivity index (χ2v) is 11.4. The molecule has 2 amide bonds. The number of carboxylic acid groups (broad SMARTS) is 1. The SMILES string of the molecule is Cc1cccc(C(CC(=O)NC2CCC(NC(=O)O)CC2)c2cn(CC3CCOCC3)c3ccc(C#N)cc23)c1. The van der Waals surface area contributed by atoms with Crippen LogP contribution in [0.25, 0.3) is 10.9 Å². The molecule has 1 aromatic heterocycles. The first kappa shape index (κ1) is 27.7. The zero-order chi connectivity index (χ0) is 28.1. The molecule has 1 aliphatic heterocycles. The Kier molecular flexibility index (Phi) is 8.71. The van der Waals surface area contributed by atoms with Gasteiger partial charge in [0.25, 0.3) is 0 Å². The predicted molar refractivity (Wildman–Crippen MR) is 153 cm³/mol. The Morgan fingerprint density at radius 1 is 1.05 bits per heavy atom. The molecule has 3 aromatic rings. The first-order valence-electron chi connectivity index (χ1n) is 14.4. The number of ether oxygens (including phenoxy) is 1. The fraction of sp³-hybridized carbons (Fsp3) is 0.469. The van der Waals surface area contributed by atoms with Crippen LogP contribution in [0.4, 0.5) is 4.79 Å². The number of benzene rings is 2. The van der Waals surface area contributed by atoms with E-state index >= 15 is 0 Å². The predicted octanol–water partition coefficient (Wildman–Crippen LogP) is 5.47. The maximum Gasteiger partial charge on any atom is 0.404 e. The molecular weight excluding hydrogens is 504 g/mol. The minimum atomic E-state index is -0.996. The molecule has 0 bridgehead atoms. The van der Waals surface area contributed by atoms with E-state index in [9.17, 15) is 14.9 Å². The number of nitriles is 1. The fourth-order valence-corrected chi connectivity index (χ4v) is 6.35. The van der Waals surface area contributed by atoms with Crippen molar-refractivity contribution in [2.24, 2.45) is 5.92 Å². The second kappa shape index (κ2) is 12.6. The van der Waals surface area contributed by atoms with Gasteiger partial charge in [0.15, 0.2) is 0 Å². The van der Waals surface area contributed by atoms with E-state index in [0.717, 1.165) is 85.9 Å². The molecule has 5 rings (SSSR count). The van der Waals surface area contributed by atoms with Crippen LogP contribution in [0.5, 0.6) is 0 Å². The van der Waals surface area contributed by atoms with E-state index in [1.807, 2.05) is 24.3 Å². The van der Waals surface area contributed by atoms with Crippen LogP contribution in [0.15, 0.2) is 48.7 Å². The molecule has 1 unspecified atom stereocenters. The second-order valence-electron chi connectivity index (χ2n) is 11.4. The molecule has 3 N–H and O–H groups in total. The molecule has 40 heavy (non-hydrogen) atoms. The molecule has 8 nitrogen and oxygen atoms in total. The molecule has 0 spiro atoms. The third-order valence-corrected chi connectivity index (χ3v) is 8.47. The molecule has 1 atom stereocenters. The molecule has 2 heterocycles. The smallest absolute Gasteiger partial charge is 0.404 e. The van der Waals surface area contributed by atoms with Crippen molar-refractivity contribution < 1.29 is 19.4 Å². The number of carbonyl (C=O) groups is 2. The Morgan fingerprint density at radius 3 is 2.45 bits per heavy atom. The summed E-state index contributed by atoms with van der Waals surface area (Å²) in [4.78, 5) is 24.5. The highest BCUT2D eigenvalue weighted by molar-refractivity contribution is 5.88. The Hall–Kier alpha value is -3.83. The Balaban J connectivity index is 1.43. The summed E-state index contributed by atoms with van der Waals surface area (Å²) in [6.45, 7) is 4.52. The van der Waals surface area contributed by atoms with E-state index in [1.54, 1.807) is 0 Å². The summed E-state index contributed by atoms with van der Waals surface area (Å²) in [5.74, 6) is 0.347. The van der Waals surface area contributed by atoms with Crippen LogP contribution in [0.1, 0.15) is 73.1 Å². The quantitative estimate of drug-likeness (QED) is 0.349. The monoisotopic (exact) mass is 542 g/mol. The summed E-state index contributed by atoms with van der Waals surface area (Å²) >= 11 is 0. The van der Waals surface area contributed by atoms with Crippen molar-refractivity contribution >= 4 is 22.9 Å². The molecule has 0 radical (unpaired) electrons. The topological polar surface area (TPSA) is 116 Å². The van der Waals surface area contributed by atoms with Crippen molar-refractivity contribution in [2.75, 3.05) is 13.2 Å². The van der Waals surface area contributed by atoms with Gasteiger partial charge < -0.3 is 25.0 Å². The van der Waals surface area contributed by atoms with Gasteiger partial charge in [0.1, 0.15) is 0 Å². The summed E-state index contributed by atoms with van der Waals surface area (Å²) in [6.07, 6.45) is 6.49. The molecule has 1 aliphatic carbocycles. The van der Waals surface area contributed by atoms with Gasteiger partial charge in [0, 0.05) is 61.3 Å². The standard InChI is InChI=1S/C32H38N4O4/c1-21-3-2-4-24(15-21)27(17-31(37)34-25-6-8-26(9-7-25)35-32(38)39)29-20-36(19-22-11-13-40-14-12-22)30-10-5-23(18-33)16-28(29)30/h2-5,10,15-16,20,22,25-27,35H,6-9,11-14,17,19H2,1H3,(H,34,37)(H,38,39). The number of rotatable bonds is 8. The van der Waals surface area contributed by atoms with E-state index in [-0.39, 0.29) is 23.9 Å². The summed E-state index contributed by atoms with van der Waals surface area (Å²) in [5, 5.41) is 25.5. The van der Waals surface area contributed by atoms with E-state index in [1.165, 1.54) is 0 Å². The Labute approximate surface area is 235 Å². The number of amides is 2. The zero-order valence-corrected chi connectivity index (χ0v) is 23.1. The molecule has 1 saturated heterocycles. The van der Waals surface area contributed by atoms with Gasteiger partial charge in [-0.2, -0.15) is 5.26 Å². The summed E-state index contributed by atoms with van der Waals surface area (Å²) in [5.41, 5.74) is 4.97. The van der Waals surface area contributed by atoms with E-state index < -0.39 is 6.09 Å². The Bertz CT molecular complexity index is 1390. The van der Waals surface area contributed by atoms with Crippen molar-refractivity contribution in [3.05, 3.63) is 70.9 Å². The van der Waals surface area contributed by atoms with Gasteiger partial charge >= 0.3 is 6.09 Å². The van der Waals surface area contributed by atoms with E-state index in [4.69, 9.17) is 9.84 Å². The average Bonchev–Trinajstić information content (AvgIpc) is 3.30. The van der Waals surface area contributed by atoms with Crippen molar-refractivity contribution in [1.29, 1.82) is 5.26 Å². The van der Waals surface area contributed by atoms with Crippen LogP contribution in [-0.2, 0) is 16.1 Å². The molecule has 2 fully saturated rings. The van der Waals surface area contributed by atoms with Gasteiger partial charge in [-0.05, 0) is 80.7 Å². The lowest BCUT2D eigenvalue weighted by atomic mass is 9.86. The maximum absolute atomic E-state index is 13.5. The van der Waals surface area contributed by atoms with Gasteiger partial charge in [0.05, 0.1) is 11.6 Å². The van der Waals surface area contributed by atoms with Crippen LogP contribution in [0.2, 0.25) is 0 Å². The number of nitrogens with zero attached hydrogens (tertiary/aromatic N) is 2. The van der Waals surface area contributed by atoms with Crippen molar-refractivity contribution in [3.63, 3.8) is 0 Å². The van der Waals surface area contributed by atoms with Gasteiger partial charge in [0.2, 0.25) is 5.91 Å². The first-order chi connectivity index (χ1) is 19.4. The van der Waals surface area contributed by atoms with E-state index in [2.05, 4.69) is 52.6 Å². The lowest BCUT2D eigenvalue weighted by molar-refractivity contribution is -0.122.